The Kier molecular flexibility index (Phi) is 2.22. The molecule has 0 nitrogen and oxygen atoms in total. The molecule has 0 heterocycles. The van der Waals surface area contributed by atoms with Gasteiger partial charge in [-0.25, -0.2) is 0 Å². The summed E-state index contributed by atoms with van der Waals surface area (Å²) in [6.45, 7) is 5.94. The largest absolute Gasteiger partial charge is 0.0985 e. The number of rotatable bonds is 1. The van der Waals surface area contributed by atoms with Gasteiger partial charge in [-0.05, 0) is 40.1 Å². The number of fused-ring (bicyclic) bond motifs is 3. The quantitative estimate of drug-likeness (QED) is 0.507. The Morgan fingerprint density at radius 3 is 2.18 bits per heavy atom. The van der Waals surface area contributed by atoms with Gasteiger partial charge in [-0.2, -0.15) is 0 Å². The van der Waals surface area contributed by atoms with Crippen LogP contribution in [0.3, 0.4) is 0 Å². The zero-order valence-corrected chi connectivity index (χ0v) is 9.90. The molecular weight excluding hydrogens is 204 g/mol. The number of hydrogen-bond donors (Lipinski definition) is 0. The molecule has 82 valence electrons. The van der Waals surface area contributed by atoms with Gasteiger partial charge in [-0.15, -0.1) is 0 Å². The van der Waals surface area contributed by atoms with Crippen LogP contribution in [-0.4, -0.2) is 0 Å². The molecule has 3 aromatic rings. The van der Waals surface area contributed by atoms with Gasteiger partial charge in [0.1, 0.15) is 0 Å². The molecule has 0 atom stereocenters. The summed E-state index contributed by atoms with van der Waals surface area (Å²) in [5.74, 6) is 0. The zero-order valence-electron chi connectivity index (χ0n) is 9.90. The molecule has 0 aliphatic heterocycles. The van der Waals surface area contributed by atoms with Crippen molar-refractivity contribution in [2.45, 2.75) is 6.92 Å². The van der Waals surface area contributed by atoms with E-state index in [1.54, 1.807) is 0 Å². The second-order valence-corrected chi connectivity index (χ2v) is 4.47. The highest BCUT2D eigenvalue weighted by molar-refractivity contribution is 6.08. The molecule has 0 aromatic heterocycles. The Hall–Kier alpha value is -2.08. The molecular formula is C17H14. The third-order valence-electron chi connectivity index (χ3n) is 3.25. The second kappa shape index (κ2) is 3.74. The summed E-state index contributed by atoms with van der Waals surface area (Å²) in [5.41, 5.74) is 2.48. The van der Waals surface area contributed by atoms with Crippen LogP contribution in [0.2, 0.25) is 0 Å². The summed E-state index contributed by atoms with van der Waals surface area (Å²) in [6, 6.07) is 17.5. The van der Waals surface area contributed by atoms with Gasteiger partial charge in [0.15, 0.2) is 0 Å². The molecule has 3 rings (SSSR count). The predicted molar refractivity (Wildman–Crippen MR) is 76.3 cm³/mol. The first kappa shape index (κ1) is 10.1. The lowest BCUT2D eigenvalue weighted by Crippen LogP contribution is -1.80. The van der Waals surface area contributed by atoms with Crippen molar-refractivity contribution in [3.05, 3.63) is 66.2 Å². The maximum absolute atomic E-state index is 3.81. The molecule has 0 radical (unpaired) electrons. The van der Waals surface area contributed by atoms with E-state index in [0.29, 0.717) is 0 Å². The summed E-state index contributed by atoms with van der Waals surface area (Å²) in [6.07, 6.45) is 1.89. The van der Waals surface area contributed by atoms with Crippen LogP contribution >= 0.6 is 0 Å². The second-order valence-electron chi connectivity index (χ2n) is 4.47. The Balaban J connectivity index is 2.44. The average molecular weight is 218 g/mol. The van der Waals surface area contributed by atoms with Crippen molar-refractivity contribution >= 4 is 27.6 Å². The fourth-order valence-corrected chi connectivity index (χ4v) is 2.34. The van der Waals surface area contributed by atoms with Gasteiger partial charge in [0.05, 0.1) is 0 Å². The van der Waals surface area contributed by atoms with Gasteiger partial charge in [-0.3, -0.25) is 0 Å². The standard InChI is InChI=1S/C17H14/c1-3-13-5-9-17-15(11-13)7-6-14-10-12(2)4-8-16(14)17/h3-11H,1H2,2H3. The molecule has 0 unspecified atom stereocenters. The van der Waals surface area contributed by atoms with Gasteiger partial charge in [0.25, 0.3) is 0 Å². The molecule has 17 heavy (non-hydrogen) atoms. The fourth-order valence-electron chi connectivity index (χ4n) is 2.34. The van der Waals surface area contributed by atoms with E-state index in [1.165, 1.54) is 32.7 Å². The molecule has 3 aromatic carbocycles. The summed E-state index contributed by atoms with van der Waals surface area (Å²) in [7, 11) is 0. The number of aryl methyl sites for hydroxylation is 1. The van der Waals surface area contributed by atoms with Crippen LogP contribution in [0.5, 0.6) is 0 Å². The van der Waals surface area contributed by atoms with Crippen LogP contribution in [0.25, 0.3) is 27.6 Å². The zero-order chi connectivity index (χ0) is 11.8. The van der Waals surface area contributed by atoms with Gasteiger partial charge >= 0.3 is 0 Å². The Morgan fingerprint density at radius 2 is 1.47 bits per heavy atom. The van der Waals surface area contributed by atoms with Crippen LogP contribution in [-0.2, 0) is 0 Å². The first-order valence-corrected chi connectivity index (χ1v) is 5.83. The van der Waals surface area contributed by atoms with Gasteiger partial charge in [0.2, 0.25) is 0 Å². The Morgan fingerprint density at radius 1 is 0.824 bits per heavy atom. The van der Waals surface area contributed by atoms with Crippen molar-refractivity contribution in [2.24, 2.45) is 0 Å². The lowest BCUT2D eigenvalue weighted by molar-refractivity contribution is 1.51. The van der Waals surface area contributed by atoms with Crippen molar-refractivity contribution in [3.63, 3.8) is 0 Å². The van der Waals surface area contributed by atoms with Crippen LogP contribution < -0.4 is 0 Å². The molecule has 0 heteroatoms. The van der Waals surface area contributed by atoms with Crippen LogP contribution in [0, 0.1) is 6.92 Å². The van der Waals surface area contributed by atoms with Crippen LogP contribution in [0.15, 0.2) is 55.1 Å². The fraction of sp³-hybridized carbons (Fsp3) is 0.0588. The SMILES string of the molecule is C=Cc1ccc2c(ccc3cc(C)ccc32)c1. The monoisotopic (exact) mass is 218 g/mol. The topological polar surface area (TPSA) is 0 Å². The van der Waals surface area contributed by atoms with Crippen LogP contribution in [0.4, 0.5) is 0 Å². The van der Waals surface area contributed by atoms with E-state index < -0.39 is 0 Å². The van der Waals surface area contributed by atoms with E-state index in [9.17, 15) is 0 Å². The van der Waals surface area contributed by atoms with Crippen LogP contribution in [0.1, 0.15) is 11.1 Å². The maximum Gasteiger partial charge on any atom is -0.0105 e. The smallest absolute Gasteiger partial charge is 0.0105 e. The molecule has 0 fully saturated rings. The minimum Gasteiger partial charge on any atom is -0.0985 e. The van der Waals surface area contributed by atoms with Crippen molar-refractivity contribution in [1.29, 1.82) is 0 Å². The molecule has 0 bridgehead atoms. The van der Waals surface area contributed by atoms with Crippen molar-refractivity contribution < 1.29 is 0 Å². The van der Waals surface area contributed by atoms with Gasteiger partial charge in [-0.1, -0.05) is 60.7 Å². The minimum absolute atomic E-state index is 1.17. The third kappa shape index (κ3) is 1.62. The lowest BCUT2D eigenvalue weighted by atomic mass is 9.99. The molecule has 0 amide bonds. The molecule has 0 aliphatic carbocycles. The molecule has 0 saturated heterocycles. The normalized spacial score (nSPS) is 10.9. The molecule has 0 aliphatic rings. The maximum atomic E-state index is 3.81. The lowest BCUT2D eigenvalue weighted by Gasteiger charge is -2.05. The molecule has 0 saturated carbocycles. The summed E-state index contributed by atoms with van der Waals surface area (Å²) >= 11 is 0. The first-order valence-electron chi connectivity index (χ1n) is 5.83. The van der Waals surface area contributed by atoms with E-state index in [1.807, 2.05) is 6.08 Å². The van der Waals surface area contributed by atoms with Gasteiger partial charge < -0.3 is 0 Å². The van der Waals surface area contributed by atoms with E-state index in [-0.39, 0.29) is 0 Å². The minimum atomic E-state index is 1.17. The van der Waals surface area contributed by atoms with E-state index in [2.05, 4.69) is 62.0 Å². The average Bonchev–Trinajstić information content (AvgIpc) is 2.37. The Labute approximate surface area is 101 Å². The third-order valence-corrected chi connectivity index (χ3v) is 3.25. The van der Waals surface area contributed by atoms with E-state index in [0.717, 1.165) is 0 Å². The molecule has 0 N–H and O–H groups in total. The van der Waals surface area contributed by atoms with E-state index in [4.69, 9.17) is 0 Å². The van der Waals surface area contributed by atoms with Gasteiger partial charge in [0, 0.05) is 0 Å². The highest BCUT2D eigenvalue weighted by Gasteiger charge is 2.00. The van der Waals surface area contributed by atoms with E-state index >= 15 is 0 Å². The highest BCUT2D eigenvalue weighted by Crippen LogP contribution is 2.27. The summed E-state index contributed by atoms with van der Waals surface area (Å²) in [5, 5.41) is 5.22. The number of benzene rings is 3. The van der Waals surface area contributed by atoms with Crippen molar-refractivity contribution in [2.75, 3.05) is 0 Å². The molecule has 0 spiro atoms. The highest BCUT2D eigenvalue weighted by atomic mass is 14.0. The number of hydrogen-bond acceptors (Lipinski definition) is 0. The first-order chi connectivity index (χ1) is 8.28. The summed E-state index contributed by atoms with van der Waals surface area (Å²) in [4.78, 5) is 0. The summed E-state index contributed by atoms with van der Waals surface area (Å²) < 4.78 is 0. The Bertz CT molecular complexity index is 721. The van der Waals surface area contributed by atoms with Crippen molar-refractivity contribution in [3.8, 4) is 0 Å². The van der Waals surface area contributed by atoms with Crippen molar-refractivity contribution in [1.82, 2.24) is 0 Å². The predicted octanol–water partition coefficient (Wildman–Crippen LogP) is 4.94.